The zero-order chi connectivity index (χ0) is 18.4. The van der Waals surface area contributed by atoms with Crippen LogP contribution in [0.15, 0.2) is 0 Å². The summed E-state index contributed by atoms with van der Waals surface area (Å²) >= 11 is 0. The van der Waals surface area contributed by atoms with E-state index in [1.165, 1.54) is 14.2 Å². The summed E-state index contributed by atoms with van der Waals surface area (Å²) < 4.78 is 29.2. The highest BCUT2D eigenvalue weighted by atomic mass is 31.2. The highest BCUT2D eigenvalue weighted by Crippen LogP contribution is 2.57. The van der Waals surface area contributed by atoms with Gasteiger partial charge in [-0.15, -0.1) is 0 Å². The van der Waals surface area contributed by atoms with Crippen LogP contribution in [0.25, 0.3) is 0 Å². The minimum absolute atomic E-state index is 0.207. The van der Waals surface area contributed by atoms with E-state index in [0.717, 1.165) is 25.9 Å². The van der Waals surface area contributed by atoms with Crippen molar-refractivity contribution in [3.8, 4) is 0 Å². The number of hydrogen-bond acceptors (Lipinski definition) is 7. The number of methoxy groups -OCH3 is 2. The third-order valence-electron chi connectivity index (χ3n) is 3.94. The molecule has 2 atom stereocenters. The Morgan fingerprint density at radius 3 is 2.21 bits per heavy atom. The Labute approximate surface area is 145 Å². The molecule has 1 aliphatic rings. The topological polar surface area (TPSA) is 90.9 Å². The monoisotopic (exact) mass is 379 g/mol. The molecule has 1 rings (SSSR count). The van der Waals surface area contributed by atoms with Crippen LogP contribution in [0.3, 0.4) is 0 Å². The van der Waals surface area contributed by atoms with E-state index in [0.29, 0.717) is 6.16 Å². The van der Waals surface area contributed by atoms with Gasteiger partial charge >= 0.3 is 11.9 Å². The highest BCUT2D eigenvalue weighted by molar-refractivity contribution is 7.62. The molecule has 0 bridgehead atoms. The van der Waals surface area contributed by atoms with Crippen LogP contribution in [0.4, 0.5) is 0 Å². The largest absolute Gasteiger partial charge is 0.469 e. The first-order chi connectivity index (χ1) is 11.1. The van der Waals surface area contributed by atoms with Crippen LogP contribution in [-0.2, 0) is 27.8 Å². The first-order valence-electron chi connectivity index (χ1n) is 8.26. The van der Waals surface area contributed by atoms with Gasteiger partial charge in [-0.2, -0.15) is 0 Å². The highest BCUT2D eigenvalue weighted by Gasteiger charge is 2.46. The molecule has 140 valence electrons. The van der Waals surface area contributed by atoms with Crippen molar-refractivity contribution in [2.24, 2.45) is 5.92 Å². The lowest BCUT2D eigenvalue weighted by Crippen LogP contribution is -2.36. The number of esters is 2. The van der Waals surface area contributed by atoms with Crippen LogP contribution in [-0.4, -0.2) is 59.4 Å². The molecule has 0 radical (unpaired) electrons. The maximum atomic E-state index is 13.7. The molecule has 0 amide bonds. The van der Waals surface area contributed by atoms with E-state index in [1.54, 1.807) is 0 Å². The zero-order valence-electron chi connectivity index (χ0n) is 15.3. The van der Waals surface area contributed by atoms with Gasteiger partial charge in [0.2, 0.25) is 7.37 Å². The lowest BCUT2D eigenvalue weighted by atomic mass is 10.0. The van der Waals surface area contributed by atoms with Crippen molar-refractivity contribution in [2.45, 2.75) is 44.6 Å². The molecule has 1 N–H and O–H groups in total. The van der Waals surface area contributed by atoms with Crippen molar-refractivity contribution in [3.63, 3.8) is 0 Å². The van der Waals surface area contributed by atoms with E-state index in [1.807, 2.05) is 19.6 Å². The van der Waals surface area contributed by atoms with Crippen molar-refractivity contribution in [1.29, 1.82) is 0 Å². The summed E-state index contributed by atoms with van der Waals surface area (Å²) in [7, 11) is -3.12. The minimum atomic E-state index is -3.40. The summed E-state index contributed by atoms with van der Waals surface area (Å²) in [5.74, 6) is -1.05. The van der Waals surface area contributed by atoms with Crippen LogP contribution >= 0.6 is 7.37 Å². The van der Waals surface area contributed by atoms with Crippen molar-refractivity contribution < 1.29 is 27.8 Å². The van der Waals surface area contributed by atoms with Crippen molar-refractivity contribution in [2.75, 3.05) is 33.5 Å². The Morgan fingerprint density at radius 1 is 1.17 bits per heavy atom. The lowest BCUT2D eigenvalue weighted by molar-refractivity contribution is -0.146. The lowest BCUT2D eigenvalue weighted by Gasteiger charge is -2.34. The third-order valence-corrected chi connectivity index (χ3v) is 9.73. The summed E-state index contributed by atoms with van der Waals surface area (Å²) in [5.41, 5.74) is -1.10. The van der Waals surface area contributed by atoms with Crippen LogP contribution < -0.4 is 5.32 Å². The smallest absolute Gasteiger partial charge is 0.319 e. The molecule has 24 heavy (non-hydrogen) atoms. The molecular weight excluding hydrogens is 349 g/mol. The fourth-order valence-electron chi connectivity index (χ4n) is 2.88. The summed E-state index contributed by atoms with van der Waals surface area (Å²) in [6.45, 7) is 7.49. The molecule has 2 unspecified atom stereocenters. The number of nitrogens with one attached hydrogen (secondary N) is 1. The Bertz CT molecular complexity index is 487. The predicted octanol–water partition coefficient (Wildman–Crippen LogP) is 2.22. The first-order valence-corrected chi connectivity index (χ1v) is 13.5. The molecule has 1 aliphatic heterocycles. The van der Waals surface area contributed by atoms with Crippen molar-refractivity contribution in [3.05, 3.63) is 0 Å². The second-order valence-corrected chi connectivity index (χ2v) is 14.5. The van der Waals surface area contributed by atoms with E-state index in [9.17, 15) is 14.2 Å². The van der Waals surface area contributed by atoms with E-state index in [4.69, 9.17) is 8.95 Å². The van der Waals surface area contributed by atoms with Gasteiger partial charge in [0.15, 0.2) is 8.32 Å². The third kappa shape index (κ3) is 6.67. The van der Waals surface area contributed by atoms with Crippen LogP contribution in [0.5, 0.6) is 0 Å². The predicted molar refractivity (Wildman–Crippen MR) is 94.9 cm³/mol. The summed E-state index contributed by atoms with van der Waals surface area (Å²) in [5, 5.41) is 3.27. The molecule has 0 aliphatic carbocycles. The van der Waals surface area contributed by atoms with Crippen LogP contribution in [0, 0.1) is 5.92 Å². The molecule has 0 aromatic carbocycles. The molecule has 0 saturated carbocycles. The van der Waals surface area contributed by atoms with E-state index in [2.05, 4.69) is 10.1 Å². The number of carbonyl (C=O) groups is 2. The molecule has 1 heterocycles. The Kier molecular flexibility index (Phi) is 8.12. The van der Waals surface area contributed by atoms with Gasteiger partial charge in [-0.3, -0.25) is 14.2 Å². The number of carbonyl (C=O) groups excluding carboxylic acids is 2. The maximum Gasteiger partial charge on any atom is 0.319 e. The number of piperidine rings is 1. The zero-order valence-corrected chi connectivity index (χ0v) is 17.2. The normalized spacial score (nSPS) is 20.0. The van der Waals surface area contributed by atoms with Crippen LogP contribution in [0.2, 0.25) is 19.6 Å². The summed E-state index contributed by atoms with van der Waals surface area (Å²) in [4.78, 5) is 24.0. The van der Waals surface area contributed by atoms with Gasteiger partial charge in [-0.25, -0.2) is 0 Å². The average molecular weight is 379 g/mol. The standard InChI is InChI=1S/C15H30NO6PSi/c1-20-14(17)10-13(15(18)21-2)23(19,22-24(3,4)5)11-12-6-8-16-9-7-12/h12-13,16H,6-11H2,1-5H3. The van der Waals surface area contributed by atoms with Gasteiger partial charge in [-0.05, 0) is 51.5 Å². The number of ether oxygens (including phenoxy) is 2. The second-order valence-electron chi connectivity index (χ2n) is 7.12. The molecule has 1 fully saturated rings. The maximum absolute atomic E-state index is 13.7. The Balaban J connectivity index is 3.11. The average Bonchev–Trinajstić information content (AvgIpc) is 2.50. The minimum Gasteiger partial charge on any atom is -0.469 e. The van der Waals surface area contributed by atoms with Crippen molar-refractivity contribution in [1.82, 2.24) is 5.32 Å². The molecular formula is C15H30NO6PSi. The molecule has 0 spiro atoms. The number of rotatable bonds is 8. The van der Waals surface area contributed by atoms with Crippen molar-refractivity contribution >= 4 is 27.6 Å². The van der Waals surface area contributed by atoms with Gasteiger partial charge in [0.25, 0.3) is 0 Å². The molecule has 7 nitrogen and oxygen atoms in total. The van der Waals surface area contributed by atoms with E-state index in [-0.39, 0.29) is 12.3 Å². The van der Waals surface area contributed by atoms with E-state index < -0.39 is 33.3 Å². The SMILES string of the molecule is COC(=O)CC(C(=O)OC)P(=O)(CC1CCNCC1)O[Si](C)(C)C. The molecule has 0 aromatic heterocycles. The number of hydrogen-bond donors (Lipinski definition) is 1. The Hall–Kier alpha value is -0.693. The van der Waals surface area contributed by atoms with Gasteiger partial charge in [-0.1, -0.05) is 0 Å². The fraction of sp³-hybridized carbons (Fsp3) is 0.867. The van der Waals surface area contributed by atoms with Gasteiger partial charge in [0.1, 0.15) is 5.66 Å². The first kappa shape index (κ1) is 21.3. The summed E-state index contributed by atoms with van der Waals surface area (Å²) in [6, 6.07) is 0. The van der Waals surface area contributed by atoms with Gasteiger partial charge < -0.3 is 19.0 Å². The molecule has 0 aromatic rings. The van der Waals surface area contributed by atoms with Gasteiger partial charge in [0, 0.05) is 6.16 Å². The molecule has 1 saturated heterocycles. The van der Waals surface area contributed by atoms with Crippen LogP contribution in [0.1, 0.15) is 19.3 Å². The Morgan fingerprint density at radius 2 is 1.75 bits per heavy atom. The van der Waals surface area contributed by atoms with Gasteiger partial charge in [0.05, 0.1) is 20.6 Å². The van der Waals surface area contributed by atoms with E-state index >= 15 is 0 Å². The fourth-order valence-corrected chi connectivity index (χ4v) is 9.59. The summed E-state index contributed by atoms with van der Waals surface area (Å²) in [6.07, 6.45) is 1.78. The molecule has 9 heteroatoms. The second kappa shape index (κ2) is 9.13. The quantitative estimate of drug-likeness (QED) is 0.393.